The number of rotatable bonds is 14. The van der Waals surface area contributed by atoms with Crippen molar-refractivity contribution in [3.8, 4) is 0 Å². The average Bonchev–Trinajstić information content (AvgIpc) is 2.80. The van der Waals surface area contributed by atoms with E-state index < -0.39 is 54.8 Å². The van der Waals surface area contributed by atoms with Crippen LogP contribution in [-0.2, 0) is 24.0 Å². The maximum Gasteiger partial charge on any atom is 0.322 e. The number of carbonyl (C=O) groups is 5. The molecular formula is C23H35N7O6. The summed E-state index contributed by atoms with van der Waals surface area (Å²) in [4.78, 5) is 62.5. The van der Waals surface area contributed by atoms with E-state index in [1.807, 2.05) is 0 Å². The van der Waals surface area contributed by atoms with E-state index in [9.17, 15) is 24.0 Å². The zero-order valence-electron chi connectivity index (χ0n) is 20.7. The van der Waals surface area contributed by atoms with Gasteiger partial charge in [0.05, 0.1) is 0 Å². The Bertz CT molecular complexity index is 938. The molecule has 36 heavy (non-hydrogen) atoms. The Morgan fingerprint density at radius 1 is 1.06 bits per heavy atom. The van der Waals surface area contributed by atoms with E-state index in [1.165, 1.54) is 11.8 Å². The molecule has 13 heteroatoms. The quantitative estimate of drug-likeness (QED) is 0.0958. The molecule has 0 aliphatic carbocycles. The number of benzene rings is 1. The van der Waals surface area contributed by atoms with E-state index in [1.54, 1.807) is 44.2 Å². The molecule has 2 unspecified atom stereocenters. The van der Waals surface area contributed by atoms with Gasteiger partial charge in [0, 0.05) is 19.2 Å². The van der Waals surface area contributed by atoms with E-state index in [4.69, 9.17) is 16.2 Å². The Morgan fingerprint density at radius 2 is 1.69 bits per heavy atom. The Balaban J connectivity index is 3.08. The lowest BCUT2D eigenvalue weighted by Gasteiger charge is -2.29. The van der Waals surface area contributed by atoms with Crippen LogP contribution in [0.3, 0.4) is 0 Å². The van der Waals surface area contributed by atoms with E-state index in [-0.39, 0.29) is 18.3 Å². The molecule has 8 N–H and O–H groups in total. The van der Waals surface area contributed by atoms with Crippen molar-refractivity contribution < 1.29 is 29.1 Å². The fourth-order valence-electron chi connectivity index (χ4n) is 3.29. The summed E-state index contributed by atoms with van der Waals surface area (Å²) in [5, 5.41) is 26.1. The van der Waals surface area contributed by atoms with Gasteiger partial charge < -0.3 is 37.0 Å². The highest BCUT2D eigenvalue weighted by atomic mass is 16.4. The Hall–Kier alpha value is -4.16. The van der Waals surface area contributed by atoms with E-state index in [2.05, 4.69) is 21.3 Å². The first-order chi connectivity index (χ1) is 16.9. The van der Waals surface area contributed by atoms with Gasteiger partial charge in [-0.25, -0.2) is 0 Å². The fraction of sp³-hybridized carbons (Fsp3) is 0.478. The first-order valence-corrected chi connectivity index (χ1v) is 11.4. The largest absolute Gasteiger partial charge is 0.480 e. The zero-order valence-corrected chi connectivity index (χ0v) is 20.7. The number of hydrogen-bond acceptors (Lipinski definition) is 6. The maximum atomic E-state index is 13.5. The van der Waals surface area contributed by atoms with Crippen molar-refractivity contribution in [2.24, 2.45) is 11.7 Å². The number of carboxylic acid groups (broad SMARTS) is 1. The van der Waals surface area contributed by atoms with Crippen LogP contribution in [0.25, 0.3) is 0 Å². The van der Waals surface area contributed by atoms with Gasteiger partial charge in [0.25, 0.3) is 0 Å². The normalized spacial score (nSPS) is 12.1. The molecule has 13 nitrogen and oxygen atoms in total. The molecule has 1 aromatic carbocycles. The molecule has 2 atom stereocenters. The monoisotopic (exact) mass is 505 g/mol. The molecule has 0 aliphatic heterocycles. The SMILES string of the molecule is CC(=O)NC(CCCNC(=N)N)C(=O)N(CC(=O)NC(C(=O)NCC(=O)O)C(C)C)c1ccccc1. The predicted octanol–water partition coefficient (Wildman–Crippen LogP) is -0.871. The smallest absolute Gasteiger partial charge is 0.322 e. The minimum Gasteiger partial charge on any atom is -0.480 e. The van der Waals surface area contributed by atoms with Gasteiger partial charge in [-0.3, -0.25) is 29.4 Å². The minimum absolute atomic E-state index is 0.216. The molecule has 1 rings (SSSR count). The maximum absolute atomic E-state index is 13.5. The Morgan fingerprint density at radius 3 is 2.22 bits per heavy atom. The van der Waals surface area contributed by atoms with Crippen LogP contribution in [0.4, 0.5) is 5.69 Å². The van der Waals surface area contributed by atoms with Crippen LogP contribution in [0.5, 0.6) is 0 Å². The number of aliphatic carboxylic acids is 1. The highest BCUT2D eigenvalue weighted by Gasteiger charge is 2.30. The van der Waals surface area contributed by atoms with Crippen molar-refractivity contribution in [1.82, 2.24) is 21.3 Å². The summed E-state index contributed by atoms with van der Waals surface area (Å²) in [5.74, 6) is -4.06. The van der Waals surface area contributed by atoms with Gasteiger partial charge in [-0.1, -0.05) is 32.0 Å². The predicted molar refractivity (Wildman–Crippen MR) is 133 cm³/mol. The van der Waals surface area contributed by atoms with Gasteiger partial charge in [-0.2, -0.15) is 0 Å². The molecule has 0 saturated carbocycles. The first-order valence-electron chi connectivity index (χ1n) is 11.4. The second kappa shape index (κ2) is 15.0. The van der Waals surface area contributed by atoms with Crippen molar-refractivity contribution in [3.63, 3.8) is 0 Å². The van der Waals surface area contributed by atoms with Crippen molar-refractivity contribution in [2.75, 3.05) is 24.5 Å². The van der Waals surface area contributed by atoms with Crippen molar-refractivity contribution in [1.29, 1.82) is 5.41 Å². The van der Waals surface area contributed by atoms with Gasteiger partial charge in [0.1, 0.15) is 25.2 Å². The summed E-state index contributed by atoms with van der Waals surface area (Å²) in [7, 11) is 0. The summed E-state index contributed by atoms with van der Waals surface area (Å²) >= 11 is 0. The number of anilines is 1. The van der Waals surface area contributed by atoms with E-state index in [0.29, 0.717) is 18.7 Å². The number of guanidine groups is 1. The van der Waals surface area contributed by atoms with Crippen molar-refractivity contribution in [2.45, 2.75) is 45.7 Å². The molecule has 198 valence electrons. The van der Waals surface area contributed by atoms with Crippen LogP contribution >= 0.6 is 0 Å². The fourth-order valence-corrected chi connectivity index (χ4v) is 3.29. The van der Waals surface area contributed by atoms with Gasteiger partial charge >= 0.3 is 5.97 Å². The number of carbonyl (C=O) groups excluding carboxylic acids is 4. The third-order valence-electron chi connectivity index (χ3n) is 4.98. The van der Waals surface area contributed by atoms with Crippen LogP contribution in [-0.4, -0.2) is 72.4 Å². The van der Waals surface area contributed by atoms with Gasteiger partial charge in [-0.15, -0.1) is 0 Å². The van der Waals surface area contributed by atoms with Crippen LogP contribution < -0.4 is 31.9 Å². The molecule has 0 spiro atoms. The van der Waals surface area contributed by atoms with Gasteiger partial charge in [0.15, 0.2) is 5.96 Å². The molecule has 0 aromatic heterocycles. The van der Waals surface area contributed by atoms with Crippen molar-refractivity contribution in [3.05, 3.63) is 30.3 Å². The third-order valence-corrected chi connectivity index (χ3v) is 4.98. The van der Waals surface area contributed by atoms with Crippen LogP contribution in [0.1, 0.15) is 33.6 Å². The average molecular weight is 506 g/mol. The molecule has 0 saturated heterocycles. The summed E-state index contributed by atoms with van der Waals surface area (Å²) in [6.45, 7) is 3.92. The number of nitrogens with zero attached hydrogens (tertiary/aromatic N) is 1. The van der Waals surface area contributed by atoms with Crippen LogP contribution in [0.15, 0.2) is 30.3 Å². The molecule has 0 aliphatic rings. The molecular weight excluding hydrogens is 470 g/mol. The molecule has 1 aromatic rings. The van der Waals surface area contributed by atoms with Crippen LogP contribution in [0, 0.1) is 11.3 Å². The second-order valence-electron chi connectivity index (χ2n) is 8.40. The summed E-state index contributed by atoms with van der Waals surface area (Å²) < 4.78 is 0. The number of hydrogen-bond donors (Lipinski definition) is 7. The lowest BCUT2D eigenvalue weighted by molar-refractivity contribution is -0.138. The highest BCUT2D eigenvalue weighted by Crippen LogP contribution is 2.16. The number of nitrogens with one attached hydrogen (secondary N) is 5. The van der Waals surface area contributed by atoms with Crippen molar-refractivity contribution >= 4 is 41.2 Å². The second-order valence-corrected chi connectivity index (χ2v) is 8.40. The zero-order chi connectivity index (χ0) is 27.3. The third kappa shape index (κ3) is 10.8. The Labute approximate surface area is 209 Å². The molecule has 0 radical (unpaired) electrons. The minimum atomic E-state index is -1.22. The molecule has 0 fully saturated rings. The number of nitrogens with two attached hydrogens (primary N) is 1. The summed E-state index contributed by atoms with van der Waals surface area (Å²) in [5.41, 5.74) is 5.68. The summed E-state index contributed by atoms with van der Waals surface area (Å²) in [6.07, 6.45) is 0.625. The van der Waals surface area contributed by atoms with E-state index in [0.717, 1.165) is 0 Å². The van der Waals surface area contributed by atoms with Gasteiger partial charge in [-0.05, 0) is 30.9 Å². The number of amides is 4. The molecule has 0 heterocycles. The summed E-state index contributed by atoms with van der Waals surface area (Å²) in [6, 6.07) is 6.41. The molecule has 4 amide bonds. The highest BCUT2D eigenvalue weighted by molar-refractivity contribution is 6.03. The van der Waals surface area contributed by atoms with Crippen LogP contribution in [0.2, 0.25) is 0 Å². The van der Waals surface area contributed by atoms with E-state index >= 15 is 0 Å². The Kier molecular flexibility index (Phi) is 12.4. The molecule has 0 bridgehead atoms. The van der Waals surface area contributed by atoms with Gasteiger partial charge in [0.2, 0.25) is 23.6 Å². The topological polar surface area (TPSA) is 207 Å². The first kappa shape index (κ1) is 29.9. The standard InChI is InChI=1S/C23H35N7O6/c1-14(2)20(21(35)27-12-19(33)34)29-18(32)13-30(16-8-5-4-6-9-16)22(36)17(28-15(3)31)10-7-11-26-23(24)25/h4-6,8-9,14,17,20H,7,10-13H2,1-3H3,(H,27,35)(H,28,31)(H,29,32)(H,33,34)(H4,24,25,26). The lowest BCUT2D eigenvalue weighted by atomic mass is 10.0. The lowest BCUT2D eigenvalue weighted by Crippen LogP contribution is -2.55. The number of carboxylic acids is 1. The number of para-hydroxylation sites is 1.